The monoisotopic (exact) mass is 404 g/mol. The van der Waals surface area contributed by atoms with Gasteiger partial charge in [0, 0.05) is 0 Å². The summed E-state index contributed by atoms with van der Waals surface area (Å²) in [6, 6.07) is 7.58. The summed E-state index contributed by atoms with van der Waals surface area (Å²) in [6.45, 7) is -0.510. The topological polar surface area (TPSA) is 115 Å². The van der Waals surface area contributed by atoms with Crippen LogP contribution in [-0.2, 0) is 4.79 Å². The quantitative estimate of drug-likeness (QED) is 0.407. The molecule has 0 aliphatic rings. The van der Waals surface area contributed by atoms with Gasteiger partial charge in [0.05, 0.1) is 27.9 Å². The normalized spacial score (nSPS) is 13.0. The number of hydrogen-bond donors (Lipinski definition) is 3. The van der Waals surface area contributed by atoms with E-state index >= 15 is 0 Å². The number of methoxy groups -OCH3 is 3. The molecular formula is C21H24O8. The molecule has 2 aromatic carbocycles. The van der Waals surface area contributed by atoms with E-state index in [1.807, 2.05) is 0 Å². The number of hydrogen-bond acceptors (Lipinski definition) is 8. The lowest BCUT2D eigenvalue weighted by Crippen LogP contribution is -2.29. The second-order valence-corrected chi connectivity index (χ2v) is 5.96. The number of phenolic OH excluding ortho intramolecular Hbond substituents is 1. The van der Waals surface area contributed by atoms with E-state index in [-0.39, 0.29) is 17.2 Å². The van der Waals surface area contributed by atoms with Crippen molar-refractivity contribution < 1.29 is 39.1 Å². The van der Waals surface area contributed by atoms with Gasteiger partial charge in [-0.2, -0.15) is 0 Å². The van der Waals surface area contributed by atoms with Crippen LogP contribution >= 0.6 is 0 Å². The Balaban J connectivity index is 2.38. The average Bonchev–Trinajstić information content (AvgIpc) is 2.75. The van der Waals surface area contributed by atoms with Gasteiger partial charge in [-0.25, -0.2) is 0 Å². The number of rotatable bonds is 10. The fourth-order valence-corrected chi connectivity index (χ4v) is 2.71. The highest BCUT2D eigenvalue weighted by molar-refractivity contribution is 5.75. The fraction of sp³-hybridized carbons (Fsp3) is 0.286. The minimum atomic E-state index is -1.24. The van der Waals surface area contributed by atoms with E-state index in [4.69, 9.17) is 18.9 Å². The molecule has 0 unspecified atom stereocenters. The Bertz CT molecular complexity index is 837. The van der Waals surface area contributed by atoms with Gasteiger partial charge in [0.15, 0.2) is 29.1 Å². The zero-order valence-electron chi connectivity index (χ0n) is 16.4. The Morgan fingerprint density at radius 2 is 1.62 bits per heavy atom. The van der Waals surface area contributed by atoms with Crippen molar-refractivity contribution in [1.82, 2.24) is 0 Å². The lowest BCUT2D eigenvalue weighted by molar-refractivity contribution is -0.104. The molecule has 0 aliphatic heterocycles. The first kappa shape index (κ1) is 22.1. The SMILES string of the molecule is COc1cc([C@H](O)[C@@H](CO)Oc2c(OC)cc(/C=C/C=O)cc2OC)ccc1O. The van der Waals surface area contributed by atoms with Gasteiger partial charge in [-0.3, -0.25) is 4.79 Å². The summed E-state index contributed by atoms with van der Waals surface area (Å²) in [5, 5.41) is 30.2. The molecule has 29 heavy (non-hydrogen) atoms. The minimum Gasteiger partial charge on any atom is -0.504 e. The van der Waals surface area contributed by atoms with Crippen LogP contribution < -0.4 is 18.9 Å². The molecule has 0 aromatic heterocycles. The maximum Gasteiger partial charge on any atom is 0.204 e. The highest BCUT2D eigenvalue weighted by Crippen LogP contribution is 2.41. The summed E-state index contributed by atoms with van der Waals surface area (Å²) in [6.07, 6.45) is 1.24. The molecule has 8 nitrogen and oxygen atoms in total. The number of aliphatic hydroxyl groups is 2. The average molecular weight is 404 g/mol. The van der Waals surface area contributed by atoms with Crippen molar-refractivity contribution in [2.24, 2.45) is 0 Å². The molecule has 156 valence electrons. The maximum absolute atomic E-state index is 10.7. The van der Waals surface area contributed by atoms with Crippen molar-refractivity contribution in [3.05, 3.63) is 47.5 Å². The van der Waals surface area contributed by atoms with Gasteiger partial charge in [0.1, 0.15) is 12.4 Å². The molecule has 0 heterocycles. The van der Waals surface area contributed by atoms with Crippen molar-refractivity contribution in [3.8, 4) is 28.7 Å². The third-order valence-electron chi connectivity index (χ3n) is 4.20. The van der Waals surface area contributed by atoms with E-state index in [2.05, 4.69) is 0 Å². The number of carbonyl (C=O) groups excluding carboxylic acids is 1. The smallest absolute Gasteiger partial charge is 0.204 e. The van der Waals surface area contributed by atoms with Gasteiger partial charge in [0.2, 0.25) is 5.75 Å². The number of aldehydes is 1. The van der Waals surface area contributed by atoms with Crippen LogP contribution in [0.1, 0.15) is 17.2 Å². The summed E-state index contributed by atoms with van der Waals surface area (Å²) in [4.78, 5) is 10.6. The fourth-order valence-electron chi connectivity index (χ4n) is 2.71. The molecular weight excluding hydrogens is 380 g/mol. The van der Waals surface area contributed by atoms with Gasteiger partial charge in [-0.05, 0) is 41.5 Å². The summed E-state index contributed by atoms with van der Waals surface area (Å²) in [5.74, 6) is 0.877. The number of carbonyl (C=O) groups is 1. The third-order valence-corrected chi connectivity index (χ3v) is 4.20. The van der Waals surface area contributed by atoms with Crippen LogP contribution in [0.3, 0.4) is 0 Å². The largest absolute Gasteiger partial charge is 0.504 e. The predicted molar refractivity (Wildman–Crippen MR) is 106 cm³/mol. The number of aliphatic hydroxyl groups excluding tert-OH is 2. The Morgan fingerprint density at radius 1 is 1.00 bits per heavy atom. The Morgan fingerprint density at radius 3 is 2.14 bits per heavy atom. The van der Waals surface area contributed by atoms with Gasteiger partial charge < -0.3 is 34.3 Å². The molecule has 2 rings (SSSR count). The second kappa shape index (κ2) is 10.4. The van der Waals surface area contributed by atoms with Crippen LogP contribution in [0.15, 0.2) is 36.4 Å². The minimum absolute atomic E-state index is 0.0766. The highest BCUT2D eigenvalue weighted by Gasteiger charge is 2.26. The standard InChI is InChI=1S/C21H24O8/c1-26-16-11-14(6-7-15(16)24)20(25)19(12-23)29-21-17(27-2)9-13(5-4-8-22)10-18(21)28-3/h4-11,19-20,23-25H,12H2,1-3H3/b5-4+/t19-,20+/m1/s1. The molecule has 3 N–H and O–H groups in total. The first-order valence-corrected chi connectivity index (χ1v) is 8.69. The van der Waals surface area contributed by atoms with Gasteiger partial charge in [-0.15, -0.1) is 0 Å². The van der Waals surface area contributed by atoms with Crippen LogP contribution in [0, 0.1) is 0 Å². The van der Waals surface area contributed by atoms with Crippen LogP contribution in [0.25, 0.3) is 6.08 Å². The van der Waals surface area contributed by atoms with E-state index < -0.39 is 18.8 Å². The number of ether oxygens (including phenoxy) is 4. The van der Waals surface area contributed by atoms with Crippen LogP contribution in [-0.4, -0.2) is 55.6 Å². The first-order chi connectivity index (χ1) is 14.0. The van der Waals surface area contributed by atoms with Crippen molar-refractivity contribution in [2.45, 2.75) is 12.2 Å². The van der Waals surface area contributed by atoms with Crippen molar-refractivity contribution in [1.29, 1.82) is 0 Å². The Kier molecular flexibility index (Phi) is 7.88. The zero-order valence-corrected chi connectivity index (χ0v) is 16.4. The van der Waals surface area contributed by atoms with Gasteiger partial charge in [0.25, 0.3) is 0 Å². The molecule has 2 atom stereocenters. The van der Waals surface area contributed by atoms with E-state index in [9.17, 15) is 20.1 Å². The number of benzene rings is 2. The Labute approximate surface area is 168 Å². The van der Waals surface area contributed by atoms with Crippen molar-refractivity contribution in [3.63, 3.8) is 0 Å². The van der Waals surface area contributed by atoms with E-state index in [0.29, 0.717) is 28.9 Å². The predicted octanol–water partition coefficient (Wildman–Crippen LogP) is 2.10. The number of aromatic hydroxyl groups is 1. The van der Waals surface area contributed by atoms with E-state index in [1.54, 1.807) is 18.2 Å². The molecule has 0 bridgehead atoms. The van der Waals surface area contributed by atoms with Gasteiger partial charge in [-0.1, -0.05) is 12.1 Å². The Hall–Kier alpha value is -3.23. The highest BCUT2D eigenvalue weighted by atomic mass is 16.6. The van der Waals surface area contributed by atoms with Crippen LogP contribution in [0.2, 0.25) is 0 Å². The molecule has 0 spiro atoms. The molecule has 2 aromatic rings. The van der Waals surface area contributed by atoms with E-state index in [0.717, 1.165) is 0 Å². The molecule has 0 saturated heterocycles. The molecule has 0 saturated carbocycles. The maximum atomic E-state index is 10.7. The lowest BCUT2D eigenvalue weighted by Gasteiger charge is -2.25. The molecule has 0 aliphatic carbocycles. The zero-order chi connectivity index (χ0) is 21.4. The molecule has 0 amide bonds. The first-order valence-electron chi connectivity index (χ1n) is 8.69. The molecule has 0 fully saturated rings. The van der Waals surface area contributed by atoms with Crippen molar-refractivity contribution >= 4 is 12.4 Å². The summed E-state index contributed by atoms with van der Waals surface area (Å²) >= 11 is 0. The molecule has 8 heteroatoms. The number of phenols is 1. The number of allylic oxidation sites excluding steroid dienone is 1. The summed E-state index contributed by atoms with van der Waals surface area (Å²) in [5.41, 5.74) is 1.02. The second-order valence-electron chi connectivity index (χ2n) is 5.96. The summed E-state index contributed by atoms with van der Waals surface area (Å²) < 4.78 is 21.6. The van der Waals surface area contributed by atoms with Crippen LogP contribution in [0.5, 0.6) is 28.7 Å². The third kappa shape index (κ3) is 5.18. The van der Waals surface area contributed by atoms with Gasteiger partial charge >= 0.3 is 0 Å². The molecule has 0 radical (unpaired) electrons. The van der Waals surface area contributed by atoms with Crippen molar-refractivity contribution in [2.75, 3.05) is 27.9 Å². The summed E-state index contributed by atoms with van der Waals surface area (Å²) in [7, 11) is 4.26. The lowest BCUT2D eigenvalue weighted by atomic mass is 10.0. The van der Waals surface area contributed by atoms with E-state index in [1.165, 1.54) is 45.6 Å². The van der Waals surface area contributed by atoms with Crippen LogP contribution in [0.4, 0.5) is 0 Å².